The van der Waals surface area contributed by atoms with Gasteiger partial charge in [-0.1, -0.05) is 121 Å². The molecule has 0 aliphatic heterocycles. The molecule has 49 heavy (non-hydrogen) atoms. The van der Waals surface area contributed by atoms with Crippen LogP contribution in [0.2, 0.25) is 0 Å². The van der Waals surface area contributed by atoms with Gasteiger partial charge in [0.1, 0.15) is 6.10 Å². The molecule has 0 radical (unpaired) electrons. The molecule has 7 atom stereocenters. The highest BCUT2D eigenvalue weighted by Gasteiger charge is 2.56. The van der Waals surface area contributed by atoms with Crippen LogP contribution in [0.3, 0.4) is 0 Å². The number of hydrogen-bond acceptors (Lipinski definition) is 2. The molecule has 278 valence electrons. The van der Waals surface area contributed by atoms with Crippen molar-refractivity contribution in [3.8, 4) is 0 Å². The first-order valence-corrected chi connectivity index (χ1v) is 21.5. The predicted octanol–water partition coefficient (Wildman–Crippen LogP) is 14.5. The molecule has 0 N–H and O–H groups in total. The molecule has 2 saturated carbocycles. The van der Waals surface area contributed by atoms with Crippen LogP contribution in [0.25, 0.3) is 0 Å². The largest absolute Gasteiger partial charge is 0.462 e. The molecule has 0 aromatic carbocycles. The number of fused-ring (bicyclic) bond motifs is 4. The van der Waals surface area contributed by atoms with E-state index in [1.807, 2.05) is 11.1 Å². The van der Waals surface area contributed by atoms with Crippen LogP contribution in [-0.2, 0) is 9.53 Å². The number of rotatable bonds is 20. The molecule has 0 bridgehead atoms. The average Bonchev–Trinajstić information content (AvgIpc) is 3.44. The van der Waals surface area contributed by atoms with Gasteiger partial charge in [-0.25, -0.2) is 0 Å². The van der Waals surface area contributed by atoms with Gasteiger partial charge in [-0.3, -0.25) is 4.79 Å². The maximum absolute atomic E-state index is 12.8. The molecular formula is C47H78O2. The average molecular weight is 675 g/mol. The summed E-state index contributed by atoms with van der Waals surface area (Å²) in [4.78, 5) is 12.8. The van der Waals surface area contributed by atoms with Crippen LogP contribution in [0.4, 0.5) is 0 Å². The molecule has 0 aromatic heterocycles. The first kappa shape index (κ1) is 40.2. The quantitative estimate of drug-likeness (QED) is 0.0730. The van der Waals surface area contributed by atoms with Crippen molar-refractivity contribution in [1.29, 1.82) is 0 Å². The van der Waals surface area contributed by atoms with E-state index in [9.17, 15) is 4.79 Å². The lowest BCUT2D eigenvalue weighted by Crippen LogP contribution is -2.46. The van der Waals surface area contributed by atoms with Crippen molar-refractivity contribution in [2.45, 2.75) is 202 Å². The summed E-state index contributed by atoms with van der Waals surface area (Å²) in [5, 5.41) is 0. The lowest BCUT2D eigenvalue weighted by atomic mass is 9.50. The highest BCUT2D eigenvalue weighted by molar-refractivity contribution is 5.69. The molecule has 4 rings (SSSR count). The summed E-state index contributed by atoms with van der Waals surface area (Å²) in [6, 6.07) is 0. The number of unbranched alkanes of at least 4 members (excludes halogenated alkanes) is 8. The summed E-state index contributed by atoms with van der Waals surface area (Å²) in [6.07, 6.45) is 39.9. The van der Waals surface area contributed by atoms with Crippen molar-refractivity contribution in [3.05, 3.63) is 47.1 Å². The van der Waals surface area contributed by atoms with Crippen LogP contribution in [0.5, 0.6) is 0 Å². The zero-order chi connectivity index (χ0) is 35.3. The van der Waals surface area contributed by atoms with Crippen molar-refractivity contribution >= 4 is 5.97 Å². The number of carbonyl (C=O) groups excluding carboxylic acids is 1. The number of hydrogen-bond donors (Lipinski definition) is 0. The summed E-state index contributed by atoms with van der Waals surface area (Å²) in [6.45, 7) is 17.1. The molecule has 4 aliphatic carbocycles. The van der Waals surface area contributed by atoms with E-state index in [2.05, 4.69) is 78.8 Å². The van der Waals surface area contributed by atoms with Gasteiger partial charge in [-0.15, -0.1) is 0 Å². The Kier molecular flexibility index (Phi) is 16.3. The Morgan fingerprint density at radius 3 is 2.27 bits per heavy atom. The van der Waals surface area contributed by atoms with Gasteiger partial charge < -0.3 is 4.74 Å². The van der Waals surface area contributed by atoms with E-state index in [1.165, 1.54) is 109 Å². The molecule has 2 unspecified atom stereocenters. The van der Waals surface area contributed by atoms with Crippen LogP contribution < -0.4 is 0 Å². The van der Waals surface area contributed by atoms with Crippen molar-refractivity contribution in [3.63, 3.8) is 0 Å². The second kappa shape index (κ2) is 19.9. The lowest BCUT2D eigenvalue weighted by molar-refractivity contribution is -0.153. The lowest BCUT2D eigenvalue weighted by Gasteiger charge is -2.55. The van der Waals surface area contributed by atoms with Crippen LogP contribution in [0.15, 0.2) is 47.1 Å². The number of ether oxygens (including phenoxy) is 1. The van der Waals surface area contributed by atoms with Crippen molar-refractivity contribution in [1.82, 2.24) is 0 Å². The third-order valence-corrected chi connectivity index (χ3v) is 14.3. The minimum Gasteiger partial charge on any atom is -0.462 e. The summed E-state index contributed by atoms with van der Waals surface area (Å²) >= 11 is 0. The minimum absolute atomic E-state index is 0.0597. The summed E-state index contributed by atoms with van der Waals surface area (Å²) in [5.74, 6) is 3.92. The van der Waals surface area contributed by atoms with E-state index in [1.54, 1.807) is 5.57 Å². The van der Waals surface area contributed by atoms with E-state index < -0.39 is 0 Å². The smallest absolute Gasteiger partial charge is 0.306 e. The monoisotopic (exact) mass is 675 g/mol. The van der Waals surface area contributed by atoms with Gasteiger partial charge in [0, 0.05) is 6.42 Å². The summed E-state index contributed by atoms with van der Waals surface area (Å²) in [7, 11) is 0. The first-order valence-electron chi connectivity index (χ1n) is 21.5. The predicted molar refractivity (Wildman–Crippen MR) is 211 cm³/mol. The number of allylic oxidation sites excluding steroid dienone is 8. The number of esters is 1. The fourth-order valence-corrected chi connectivity index (χ4v) is 11.2. The van der Waals surface area contributed by atoms with Gasteiger partial charge in [0.05, 0.1) is 0 Å². The Balaban J connectivity index is 1.15. The maximum atomic E-state index is 12.8. The molecule has 4 aliphatic rings. The third kappa shape index (κ3) is 10.7. The highest BCUT2D eigenvalue weighted by atomic mass is 16.5. The Morgan fingerprint density at radius 2 is 1.55 bits per heavy atom. The van der Waals surface area contributed by atoms with Gasteiger partial charge in [0.25, 0.3) is 0 Å². The van der Waals surface area contributed by atoms with E-state index in [0.717, 1.165) is 49.9 Å². The zero-order valence-electron chi connectivity index (χ0n) is 33.4. The summed E-state index contributed by atoms with van der Waals surface area (Å²) in [5.41, 5.74) is 6.24. The molecule has 0 aromatic rings. The molecule has 2 fully saturated rings. The third-order valence-electron chi connectivity index (χ3n) is 14.3. The minimum atomic E-state index is 0.0597. The Bertz CT molecular complexity index is 1140. The Morgan fingerprint density at radius 1 is 0.837 bits per heavy atom. The van der Waals surface area contributed by atoms with Crippen LogP contribution in [0.1, 0.15) is 196 Å². The number of carbonyl (C=O) groups is 1. The second-order valence-corrected chi connectivity index (χ2v) is 17.8. The topological polar surface area (TPSA) is 26.3 Å². The van der Waals surface area contributed by atoms with Gasteiger partial charge in [-0.2, -0.15) is 0 Å². The zero-order valence-corrected chi connectivity index (χ0v) is 33.4. The summed E-state index contributed by atoms with van der Waals surface area (Å²) < 4.78 is 6.16. The Labute approximate surface area is 304 Å². The van der Waals surface area contributed by atoms with E-state index in [-0.39, 0.29) is 12.1 Å². The maximum Gasteiger partial charge on any atom is 0.306 e. The molecule has 0 amide bonds. The van der Waals surface area contributed by atoms with Gasteiger partial charge >= 0.3 is 5.97 Å². The van der Waals surface area contributed by atoms with Crippen molar-refractivity contribution < 1.29 is 9.53 Å². The second-order valence-electron chi connectivity index (χ2n) is 17.8. The van der Waals surface area contributed by atoms with Gasteiger partial charge in [0.15, 0.2) is 0 Å². The Hall–Kier alpha value is -1.57. The molecule has 0 spiro atoms. The van der Waals surface area contributed by atoms with Crippen molar-refractivity contribution in [2.75, 3.05) is 0 Å². The molecule has 0 heterocycles. The first-order chi connectivity index (χ1) is 23.6. The highest BCUT2D eigenvalue weighted by Crippen LogP contribution is 2.66. The van der Waals surface area contributed by atoms with Gasteiger partial charge in [-0.05, 0) is 156 Å². The fraction of sp³-hybridized carbons (Fsp3) is 0.809. The molecular weight excluding hydrogens is 597 g/mol. The van der Waals surface area contributed by atoms with E-state index >= 15 is 0 Å². The van der Waals surface area contributed by atoms with Gasteiger partial charge in [0.2, 0.25) is 0 Å². The fourth-order valence-electron chi connectivity index (χ4n) is 11.2. The van der Waals surface area contributed by atoms with E-state index in [0.29, 0.717) is 29.1 Å². The molecule has 2 nitrogen and oxygen atoms in total. The van der Waals surface area contributed by atoms with E-state index in [4.69, 9.17) is 4.74 Å². The van der Waals surface area contributed by atoms with Crippen LogP contribution in [0, 0.1) is 40.4 Å². The molecule has 2 heteroatoms. The van der Waals surface area contributed by atoms with Crippen LogP contribution >= 0.6 is 0 Å². The van der Waals surface area contributed by atoms with Crippen LogP contribution in [-0.4, -0.2) is 12.1 Å². The normalized spacial score (nSPS) is 31.0. The molecule has 0 saturated heterocycles. The standard InChI is InChI=1S/C47H78O2/c1-8-10-11-12-13-14-15-16-17-18-19-20-21-22-23-24-45(48)49-40-31-33-46(6)39(35-40)27-28-41-43-30-29-42(47(43,7)34-32-44(41)46)37(5)25-26-38(9-2)36(3)4/h9,13-14,16-17,36-37,39-40,42-43H,8,10-12,15,18-35H2,1-7H3/t37-,39?,40?,42-,43+,46+,47-/m1/s1. The SMILES string of the molecule is CC=C(CC[C@@H](C)[C@H]1CC[C@H]2C3=C(CC[C@]12C)[C@@]1(C)CCC(OC(=O)CCCCCCCC=CCC=CCCCCC)CC1CC3)C(C)C. The van der Waals surface area contributed by atoms with Crippen molar-refractivity contribution in [2.24, 2.45) is 40.4 Å².